The summed E-state index contributed by atoms with van der Waals surface area (Å²) in [6.45, 7) is 9.96. The summed E-state index contributed by atoms with van der Waals surface area (Å²) < 4.78 is 5.50. The van der Waals surface area contributed by atoms with Crippen LogP contribution < -0.4 is 21.4 Å². The molecule has 168 valence electrons. The predicted octanol–water partition coefficient (Wildman–Crippen LogP) is 3.47. The molecule has 1 aliphatic rings. The Kier molecular flexibility index (Phi) is 7.28. The van der Waals surface area contributed by atoms with Gasteiger partial charge in [0.05, 0.1) is 5.69 Å². The third-order valence-electron chi connectivity index (χ3n) is 6.05. The molecule has 2 aromatic rings. The molecule has 1 aromatic heterocycles. The van der Waals surface area contributed by atoms with E-state index in [1.807, 2.05) is 13.0 Å². The number of pyridine rings is 1. The normalized spacial score (nSPS) is 14.5. The molecule has 0 unspecified atom stereocenters. The molecule has 0 aliphatic carbocycles. The average molecular weight is 447 g/mol. The number of amides is 1. The van der Waals surface area contributed by atoms with Crippen LogP contribution in [0.25, 0.3) is 0 Å². The number of H-pyrrole nitrogens is 1. The van der Waals surface area contributed by atoms with Crippen molar-refractivity contribution in [2.75, 3.05) is 30.4 Å². The number of rotatable bonds is 6. The van der Waals surface area contributed by atoms with Gasteiger partial charge in [0, 0.05) is 65.6 Å². The Morgan fingerprint density at radius 2 is 1.94 bits per heavy atom. The lowest BCUT2D eigenvalue weighted by molar-refractivity contribution is 0.0846. The summed E-state index contributed by atoms with van der Waals surface area (Å²) in [7, 11) is 0. The van der Waals surface area contributed by atoms with E-state index in [2.05, 4.69) is 22.1 Å². The van der Waals surface area contributed by atoms with Gasteiger partial charge in [0.1, 0.15) is 0 Å². The monoisotopic (exact) mass is 446 g/mol. The lowest BCUT2D eigenvalue weighted by Gasteiger charge is -2.36. The molecule has 0 bridgehead atoms. The predicted molar refractivity (Wildman–Crippen MR) is 125 cm³/mol. The number of nitrogens with one attached hydrogen (secondary N) is 2. The highest BCUT2D eigenvalue weighted by atomic mass is 35.5. The van der Waals surface area contributed by atoms with Crippen molar-refractivity contribution in [3.05, 3.63) is 55.5 Å². The minimum atomic E-state index is -0.276. The Morgan fingerprint density at radius 3 is 2.58 bits per heavy atom. The second-order valence-electron chi connectivity index (χ2n) is 8.01. The van der Waals surface area contributed by atoms with E-state index in [4.69, 9.17) is 22.1 Å². The molecule has 0 atom stereocenters. The summed E-state index contributed by atoms with van der Waals surface area (Å²) in [5, 5.41) is 3.37. The van der Waals surface area contributed by atoms with Crippen LogP contribution in [0.5, 0.6) is 0 Å². The van der Waals surface area contributed by atoms with Crippen LogP contribution >= 0.6 is 11.6 Å². The van der Waals surface area contributed by atoms with Gasteiger partial charge >= 0.3 is 0 Å². The van der Waals surface area contributed by atoms with Crippen LogP contribution in [0.3, 0.4) is 0 Å². The number of aromatic nitrogens is 1. The van der Waals surface area contributed by atoms with E-state index < -0.39 is 0 Å². The zero-order valence-corrected chi connectivity index (χ0v) is 19.4. The first-order chi connectivity index (χ1) is 14.7. The number of nitrogens with two attached hydrogens (primary N) is 1. The van der Waals surface area contributed by atoms with Crippen molar-refractivity contribution in [1.29, 1.82) is 0 Å². The highest BCUT2D eigenvalue weighted by Crippen LogP contribution is 2.31. The van der Waals surface area contributed by atoms with Crippen molar-refractivity contribution in [2.24, 2.45) is 0 Å². The minimum absolute atomic E-state index is 0.0865. The smallest absolute Gasteiger partial charge is 0.251 e. The number of aryl methyl sites for hydroxylation is 2. The summed E-state index contributed by atoms with van der Waals surface area (Å²) >= 11 is 6.41. The number of aromatic amines is 1. The maximum absolute atomic E-state index is 13.1. The van der Waals surface area contributed by atoms with Crippen LogP contribution in [0.15, 0.2) is 16.9 Å². The van der Waals surface area contributed by atoms with Gasteiger partial charge in [-0.2, -0.15) is 0 Å². The number of carbonyl (C=O) groups excluding carboxylic acids is 1. The number of carbonyl (C=O) groups is 1. The summed E-state index contributed by atoms with van der Waals surface area (Å²) in [6, 6.07) is 3.94. The van der Waals surface area contributed by atoms with Crippen molar-refractivity contribution in [3.8, 4) is 0 Å². The number of ether oxygens (including phenoxy) is 1. The summed E-state index contributed by atoms with van der Waals surface area (Å²) in [4.78, 5) is 30.9. The molecule has 0 spiro atoms. The first-order valence-electron chi connectivity index (χ1n) is 10.6. The fraction of sp³-hybridized carbons (Fsp3) is 0.478. The van der Waals surface area contributed by atoms with Gasteiger partial charge in [-0.15, -0.1) is 0 Å². The zero-order valence-electron chi connectivity index (χ0n) is 18.6. The molecule has 0 saturated carbocycles. The van der Waals surface area contributed by atoms with Gasteiger partial charge in [-0.05, 0) is 58.2 Å². The SMILES string of the molecule is CCN(c1cc(Cl)cc(C(=O)NCc2c(C)[nH]c(C)c(N)c2=O)c1C)C1CCOCC1. The topological polar surface area (TPSA) is 100 Å². The van der Waals surface area contributed by atoms with Crippen molar-refractivity contribution >= 4 is 28.9 Å². The highest BCUT2D eigenvalue weighted by molar-refractivity contribution is 6.31. The number of halogens is 1. The van der Waals surface area contributed by atoms with E-state index in [9.17, 15) is 9.59 Å². The van der Waals surface area contributed by atoms with E-state index in [1.54, 1.807) is 19.9 Å². The van der Waals surface area contributed by atoms with E-state index >= 15 is 0 Å². The third-order valence-corrected chi connectivity index (χ3v) is 6.27. The maximum atomic E-state index is 13.1. The molecule has 3 rings (SSSR count). The Hall–Kier alpha value is -2.51. The molecule has 31 heavy (non-hydrogen) atoms. The van der Waals surface area contributed by atoms with Crippen LogP contribution in [0.2, 0.25) is 5.02 Å². The van der Waals surface area contributed by atoms with E-state index in [-0.39, 0.29) is 23.6 Å². The lowest BCUT2D eigenvalue weighted by atomic mass is 10.0. The van der Waals surface area contributed by atoms with Crippen molar-refractivity contribution in [3.63, 3.8) is 0 Å². The van der Waals surface area contributed by atoms with Gasteiger partial charge in [-0.1, -0.05) is 11.6 Å². The number of hydrogen-bond acceptors (Lipinski definition) is 5. The molecule has 2 heterocycles. The van der Waals surface area contributed by atoms with Gasteiger partial charge in [0.15, 0.2) is 0 Å². The number of hydrogen-bond donors (Lipinski definition) is 3. The zero-order chi connectivity index (χ0) is 22.7. The molecule has 1 fully saturated rings. The fourth-order valence-corrected chi connectivity index (χ4v) is 4.44. The molecule has 4 N–H and O–H groups in total. The standard InChI is InChI=1S/C23H31ClN4O3/c1-5-28(17-6-8-31-9-7-17)20-11-16(24)10-18(13(20)2)23(30)26-12-19-14(3)27-15(4)21(25)22(19)29/h10-11,17H,5-9,12,25H2,1-4H3,(H,26,30)(H,27,29). The second kappa shape index (κ2) is 9.75. The summed E-state index contributed by atoms with van der Waals surface area (Å²) in [5.74, 6) is -0.276. The largest absolute Gasteiger partial charge is 0.394 e. The average Bonchev–Trinajstić information content (AvgIpc) is 2.75. The van der Waals surface area contributed by atoms with Crippen LogP contribution in [-0.4, -0.2) is 36.7 Å². The van der Waals surface area contributed by atoms with Gasteiger partial charge in [0.25, 0.3) is 5.91 Å². The Bertz CT molecular complexity index is 1030. The van der Waals surface area contributed by atoms with E-state index in [1.165, 1.54) is 0 Å². The van der Waals surface area contributed by atoms with Crippen LogP contribution in [0.4, 0.5) is 11.4 Å². The van der Waals surface area contributed by atoms with Crippen LogP contribution in [0, 0.1) is 20.8 Å². The molecular formula is C23H31ClN4O3. The number of nitrogen functional groups attached to an aromatic ring is 1. The van der Waals surface area contributed by atoms with Crippen molar-refractivity contribution in [1.82, 2.24) is 10.3 Å². The van der Waals surface area contributed by atoms with Gasteiger partial charge in [0.2, 0.25) is 5.43 Å². The van der Waals surface area contributed by atoms with Crippen LogP contribution in [0.1, 0.15) is 52.6 Å². The lowest BCUT2D eigenvalue weighted by Crippen LogP contribution is -2.40. The molecule has 1 amide bonds. The Balaban J connectivity index is 1.87. The summed E-state index contributed by atoms with van der Waals surface area (Å²) in [5.41, 5.74) is 9.88. The molecule has 1 aliphatic heterocycles. The number of nitrogens with zero attached hydrogens (tertiary/aromatic N) is 1. The molecule has 1 saturated heterocycles. The second-order valence-corrected chi connectivity index (χ2v) is 8.44. The fourth-order valence-electron chi connectivity index (χ4n) is 4.22. The van der Waals surface area contributed by atoms with Gasteiger partial charge in [-0.3, -0.25) is 9.59 Å². The van der Waals surface area contributed by atoms with Gasteiger partial charge < -0.3 is 25.7 Å². The maximum Gasteiger partial charge on any atom is 0.251 e. The van der Waals surface area contributed by atoms with Crippen LogP contribution in [-0.2, 0) is 11.3 Å². The number of benzene rings is 1. The number of anilines is 2. The Morgan fingerprint density at radius 1 is 1.26 bits per heavy atom. The van der Waals surface area contributed by atoms with E-state index in [0.29, 0.717) is 33.6 Å². The minimum Gasteiger partial charge on any atom is -0.394 e. The molecule has 8 heteroatoms. The quantitative estimate of drug-likeness (QED) is 0.630. The van der Waals surface area contributed by atoms with Crippen molar-refractivity contribution in [2.45, 2.75) is 53.1 Å². The highest BCUT2D eigenvalue weighted by Gasteiger charge is 2.24. The van der Waals surface area contributed by atoms with E-state index in [0.717, 1.165) is 43.9 Å². The first kappa shape index (κ1) is 23.2. The first-order valence-corrected chi connectivity index (χ1v) is 11.0. The third kappa shape index (κ3) is 4.88. The Labute approximate surface area is 187 Å². The molecule has 7 nitrogen and oxygen atoms in total. The molecular weight excluding hydrogens is 416 g/mol. The van der Waals surface area contributed by atoms with Crippen molar-refractivity contribution < 1.29 is 9.53 Å². The molecule has 0 radical (unpaired) electrons. The summed E-state index contributed by atoms with van der Waals surface area (Å²) in [6.07, 6.45) is 1.89. The van der Waals surface area contributed by atoms with Gasteiger partial charge in [-0.25, -0.2) is 0 Å². The molecule has 1 aromatic carbocycles.